The summed E-state index contributed by atoms with van der Waals surface area (Å²) in [5.41, 5.74) is 5.35. The molecule has 9 nitrogen and oxygen atoms in total. The number of ketones is 1. The zero-order chi connectivity index (χ0) is 26.2. The summed E-state index contributed by atoms with van der Waals surface area (Å²) in [6.07, 6.45) is 11.3. The molecule has 4 aromatic heterocycles. The largest absolute Gasteiger partial charge is 0.351 e. The van der Waals surface area contributed by atoms with Crippen LogP contribution in [-0.4, -0.2) is 66.1 Å². The Morgan fingerprint density at radius 2 is 1.92 bits per heavy atom. The van der Waals surface area contributed by atoms with Crippen LogP contribution in [0.3, 0.4) is 0 Å². The number of Topliss-reactive ketones (excluding diaryl/α,β-unsaturated/α-hetero) is 1. The van der Waals surface area contributed by atoms with Gasteiger partial charge in [0.2, 0.25) is 0 Å². The average molecular weight is 500 g/mol. The fourth-order valence-electron chi connectivity index (χ4n) is 5.07. The Balaban J connectivity index is 1.27. The van der Waals surface area contributed by atoms with E-state index in [1.54, 1.807) is 33.9 Å². The van der Waals surface area contributed by atoms with Gasteiger partial charge in [-0.15, -0.1) is 0 Å². The Hall–Kier alpha value is -3.85. The monoisotopic (exact) mass is 499 g/mol. The first-order valence-corrected chi connectivity index (χ1v) is 12.7. The number of rotatable bonds is 8. The summed E-state index contributed by atoms with van der Waals surface area (Å²) >= 11 is 0. The van der Waals surface area contributed by atoms with Crippen LogP contribution in [0.1, 0.15) is 58.7 Å². The number of hydrogen-bond acceptors (Lipinski definition) is 6. The highest BCUT2D eigenvalue weighted by molar-refractivity contribution is 6.03. The molecular formula is C28H33N7O2. The topological polar surface area (TPSA) is 97.4 Å². The highest BCUT2D eigenvalue weighted by atomic mass is 16.1. The van der Waals surface area contributed by atoms with Crippen LogP contribution < -0.4 is 5.32 Å². The minimum atomic E-state index is -0.169. The average Bonchev–Trinajstić information content (AvgIpc) is 3.58. The van der Waals surface area contributed by atoms with Crippen molar-refractivity contribution >= 4 is 17.2 Å². The molecule has 1 saturated heterocycles. The van der Waals surface area contributed by atoms with Crippen molar-refractivity contribution in [2.45, 2.75) is 45.6 Å². The summed E-state index contributed by atoms with van der Waals surface area (Å²) in [5.74, 6) is -0.236. The van der Waals surface area contributed by atoms with Crippen molar-refractivity contribution in [3.8, 4) is 11.1 Å². The van der Waals surface area contributed by atoms with Gasteiger partial charge in [0.1, 0.15) is 0 Å². The Kier molecular flexibility index (Phi) is 6.64. The van der Waals surface area contributed by atoms with E-state index in [-0.39, 0.29) is 23.7 Å². The Morgan fingerprint density at radius 1 is 1.08 bits per heavy atom. The van der Waals surface area contributed by atoms with Gasteiger partial charge < -0.3 is 5.32 Å². The van der Waals surface area contributed by atoms with Gasteiger partial charge in [0.25, 0.3) is 5.91 Å². The van der Waals surface area contributed by atoms with Gasteiger partial charge in [-0.2, -0.15) is 10.2 Å². The van der Waals surface area contributed by atoms with Gasteiger partial charge in [-0.25, -0.2) is 4.52 Å². The molecule has 1 aliphatic rings. The van der Waals surface area contributed by atoms with Crippen LogP contribution in [0.5, 0.6) is 0 Å². The molecule has 1 amide bonds. The summed E-state index contributed by atoms with van der Waals surface area (Å²) < 4.78 is 3.46. The number of nitrogens with one attached hydrogen (secondary N) is 1. The first kappa shape index (κ1) is 24.8. The third kappa shape index (κ3) is 5.17. The predicted octanol–water partition coefficient (Wildman–Crippen LogP) is 3.47. The zero-order valence-electron chi connectivity index (χ0n) is 21.9. The fourth-order valence-corrected chi connectivity index (χ4v) is 5.07. The number of carbonyl (C=O) groups is 2. The lowest BCUT2D eigenvalue weighted by Crippen LogP contribution is -2.43. The van der Waals surface area contributed by atoms with E-state index in [1.165, 1.54) is 12.8 Å². The number of aryl methyl sites for hydroxylation is 2. The zero-order valence-corrected chi connectivity index (χ0v) is 21.9. The molecule has 0 spiro atoms. The number of aromatic nitrogens is 5. The van der Waals surface area contributed by atoms with Crippen molar-refractivity contribution in [1.82, 2.24) is 34.6 Å². The Morgan fingerprint density at radius 3 is 2.65 bits per heavy atom. The van der Waals surface area contributed by atoms with Crippen LogP contribution in [0.4, 0.5) is 0 Å². The number of carbonyl (C=O) groups excluding carboxylic acids is 2. The maximum absolute atomic E-state index is 13.3. The molecule has 5 rings (SSSR count). The van der Waals surface area contributed by atoms with Gasteiger partial charge in [-0.1, -0.05) is 6.07 Å². The van der Waals surface area contributed by atoms with Crippen molar-refractivity contribution in [3.05, 3.63) is 71.6 Å². The van der Waals surface area contributed by atoms with Crippen molar-refractivity contribution < 1.29 is 9.59 Å². The van der Waals surface area contributed by atoms with Crippen LogP contribution in [0.2, 0.25) is 0 Å². The third-order valence-electron chi connectivity index (χ3n) is 7.40. The molecule has 0 bridgehead atoms. The van der Waals surface area contributed by atoms with Crippen LogP contribution in [0.15, 0.2) is 49.2 Å². The van der Waals surface area contributed by atoms with E-state index in [9.17, 15) is 9.59 Å². The lowest BCUT2D eigenvalue weighted by Gasteiger charge is -2.31. The van der Waals surface area contributed by atoms with Crippen LogP contribution in [0.25, 0.3) is 16.6 Å². The minimum absolute atomic E-state index is 0.0668. The number of hydrogen-bond donors (Lipinski definition) is 1. The van der Waals surface area contributed by atoms with Gasteiger partial charge in [0.15, 0.2) is 5.78 Å². The van der Waals surface area contributed by atoms with Gasteiger partial charge in [-0.05, 0) is 57.9 Å². The molecule has 0 saturated carbocycles. The first-order valence-electron chi connectivity index (χ1n) is 12.7. The van der Waals surface area contributed by atoms with Gasteiger partial charge in [-0.3, -0.25) is 24.2 Å². The van der Waals surface area contributed by atoms with E-state index in [1.807, 2.05) is 38.5 Å². The van der Waals surface area contributed by atoms with Crippen molar-refractivity contribution in [2.24, 2.45) is 7.05 Å². The van der Waals surface area contributed by atoms with E-state index >= 15 is 0 Å². The number of nitrogens with zero attached hydrogens (tertiary/aromatic N) is 6. The second kappa shape index (κ2) is 9.89. The second-order valence-corrected chi connectivity index (χ2v) is 10.4. The van der Waals surface area contributed by atoms with Gasteiger partial charge in [0.05, 0.1) is 29.0 Å². The molecule has 37 heavy (non-hydrogen) atoms. The maximum Gasteiger partial charge on any atom is 0.252 e. The molecule has 0 aliphatic carbocycles. The summed E-state index contributed by atoms with van der Waals surface area (Å²) in [6.45, 7) is 8.82. The molecular weight excluding hydrogens is 466 g/mol. The minimum Gasteiger partial charge on any atom is -0.351 e. The SMILES string of the molecule is Cc1ncc(C(=O)NCCN2CCCC2(C)C)cc1CC(=O)c1cnn2cc(-c3cnn(C)c3)ccc12. The number of amides is 1. The van der Waals surface area contributed by atoms with Crippen molar-refractivity contribution in [3.63, 3.8) is 0 Å². The lowest BCUT2D eigenvalue weighted by atomic mass is 10.0. The molecule has 0 atom stereocenters. The first-order chi connectivity index (χ1) is 17.7. The van der Waals surface area contributed by atoms with Gasteiger partial charge >= 0.3 is 0 Å². The molecule has 5 heterocycles. The normalized spacial score (nSPS) is 15.4. The Bertz CT molecular complexity index is 1470. The third-order valence-corrected chi connectivity index (χ3v) is 7.40. The summed E-state index contributed by atoms with van der Waals surface area (Å²) in [7, 11) is 1.87. The van der Waals surface area contributed by atoms with E-state index < -0.39 is 0 Å². The van der Waals surface area contributed by atoms with Crippen molar-refractivity contribution in [1.29, 1.82) is 0 Å². The molecule has 1 N–H and O–H groups in total. The highest BCUT2D eigenvalue weighted by Crippen LogP contribution is 2.27. The highest BCUT2D eigenvalue weighted by Gasteiger charge is 2.31. The quantitative estimate of drug-likeness (QED) is 0.373. The second-order valence-electron chi connectivity index (χ2n) is 10.4. The molecule has 9 heteroatoms. The smallest absolute Gasteiger partial charge is 0.252 e. The summed E-state index contributed by atoms with van der Waals surface area (Å²) in [5, 5.41) is 11.6. The summed E-state index contributed by atoms with van der Waals surface area (Å²) in [4.78, 5) is 32.9. The van der Waals surface area contributed by atoms with E-state index in [0.29, 0.717) is 17.7 Å². The van der Waals surface area contributed by atoms with E-state index in [2.05, 4.69) is 39.2 Å². The molecule has 0 aromatic carbocycles. The summed E-state index contributed by atoms with van der Waals surface area (Å²) in [6, 6.07) is 5.65. The van der Waals surface area contributed by atoms with Crippen LogP contribution in [0, 0.1) is 6.92 Å². The van der Waals surface area contributed by atoms with Crippen LogP contribution in [-0.2, 0) is 13.5 Å². The predicted molar refractivity (Wildman–Crippen MR) is 142 cm³/mol. The van der Waals surface area contributed by atoms with Crippen LogP contribution >= 0.6 is 0 Å². The Labute approximate surface area is 216 Å². The fraction of sp³-hybridized carbons (Fsp3) is 0.393. The number of fused-ring (bicyclic) bond motifs is 1. The van der Waals surface area contributed by atoms with Gasteiger partial charge in [0, 0.05) is 67.5 Å². The maximum atomic E-state index is 13.3. The number of likely N-dealkylation sites (tertiary alicyclic amines) is 1. The lowest BCUT2D eigenvalue weighted by molar-refractivity contribution is 0.0937. The molecule has 1 aliphatic heterocycles. The number of pyridine rings is 2. The molecule has 1 fully saturated rings. The standard InChI is InChI=1S/C28H33N7O2/c1-19-21(12-22(14-30-19)27(37)29-9-11-34-10-5-8-28(34,2)3)13-26(36)24-16-32-35-18-20(6-7-25(24)35)23-15-31-33(4)17-23/h6-7,12,14-18H,5,8-11,13H2,1-4H3,(H,29,37). The van der Waals surface area contributed by atoms with Crippen molar-refractivity contribution in [2.75, 3.05) is 19.6 Å². The molecule has 192 valence electrons. The van der Waals surface area contributed by atoms with E-state index in [0.717, 1.165) is 41.0 Å². The molecule has 4 aromatic rings. The molecule has 0 unspecified atom stereocenters. The molecule has 0 radical (unpaired) electrons. The van der Waals surface area contributed by atoms with E-state index in [4.69, 9.17) is 0 Å².